The van der Waals surface area contributed by atoms with Gasteiger partial charge in [0.2, 0.25) is 11.8 Å². The largest absolute Gasteiger partial charge is 0.351 e. The number of nitrogens with one attached hydrogen (secondary N) is 1. The topological polar surface area (TPSA) is 86.8 Å². The number of amides is 2. The van der Waals surface area contributed by atoms with Crippen LogP contribution in [0.1, 0.15) is 23.3 Å². The smallest absolute Gasteiger partial charge is 0.252 e. The normalized spacial score (nSPS) is 17.2. The molecule has 2 heterocycles. The minimum atomic E-state index is -3.46. The molecule has 0 bridgehead atoms. The molecule has 0 saturated carbocycles. The Hall–Kier alpha value is -2.23. The Morgan fingerprint density at radius 3 is 2.60 bits per heavy atom. The number of carbonyl (C=O) groups is 2. The van der Waals surface area contributed by atoms with E-state index < -0.39 is 10.0 Å². The van der Waals surface area contributed by atoms with Gasteiger partial charge in [0.15, 0.2) is 0 Å². The first-order chi connectivity index (χ1) is 14.3. The summed E-state index contributed by atoms with van der Waals surface area (Å²) in [7, 11) is -0.482. The fourth-order valence-corrected chi connectivity index (χ4v) is 5.85. The molecule has 1 aliphatic heterocycles. The van der Waals surface area contributed by atoms with Crippen molar-refractivity contribution in [3.8, 4) is 0 Å². The zero-order valence-electron chi connectivity index (χ0n) is 17.2. The van der Waals surface area contributed by atoms with Gasteiger partial charge in [0.25, 0.3) is 10.0 Å². The molecule has 30 heavy (non-hydrogen) atoms. The average Bonchev–Trinajstić information content (AvgIpc) is 3.22. The third-order valence-corrected chi connectivity index (χ3v) is 8.52. The number of carbonyl (C=O) groups excluding carboxylic acids is 2. The standard InChI is InChI=1S/C21H27N3O4S2/c1-23(2)30(27,28)20-11-10-18(29-20)14-22-21(26)17-9-6-12-24(15-17)19(25)13-16-7-4-3-5-8-16/h3-5,7-8,10-11,17H,6,9,12-15H2,1-2H3,(H,22,26). The fourth-order valence-electron chi connectivity index (χ4n) is 3.39. The number of nitrogens with zero attached hydrogens (tertiary/aromatic N) is 2. The van der Waals surface area contributed by atoms with E-state index in [9.17, 15) is 18.0 Å². The van der Waals surface area contributed by atoms with Crippen LogP contribution in [0.25, 0.3) is 0 Å². The van der Waals surface area contributed by atoms with E-state index in [2.05, 4.69) is 5.32 Å². The molecule has 1 aliphatic rings. The van der Waals surface area contributed by atoms with Crippen molar-refractivity contribution in [3.05, 3.63) is 52.9 Å². The lowest BCUT2D eigenvalue weighted by molar-refractivity contribution is -0.135. The van der Waals surface area contributed by atoms with E-state index in [-0.39, 0.29) is 28.5 Å². The lowest BCUT2D eigenvalue weighted by atomic mass is 9.96. The lowest BCUT2D eigenvalue weighted by Gasteiger charge is -2.32. The molecule has 1 aromatic carbocycles. The van der Waals surface area contributed by atoms with Crippen molar-refractivity contribution in [2.75, 3.05) is 27.2 Å². The zero-order chi connectivity index (χ0) is 21.7. The van der Waals surface area contributed by atoms with Crippen LogP contribution in [0, 0.1) is 5.92 Å². The summed E-state index contributed by atoms with van der Waals surface area (Å²) in [5, 5.41) is 2.90. The van der Waals surface area contributed by atoms with E-state index in [0.717, 1.165) is 34.6 Å². The highest BCUT2D eigenvalue weighted by atomic mass is 32.2. The Bertz CT molecular complexity index is 987. The molecule has 0 spiro atoms. The fraction of sp³-hybridized carbons (Fsp3) is 0.429. The highest BCUT2D eigenvalue weighted by Crippen LogP contribution is 2.24. The van der Waals surface area contributed by atoms with Crippen LogP contribution in [-0.4, -0.2) is 56.6 Å². The molecule has 1 unspecified atom stereocenters. The van der Waals surface area contributed by atoms with Gasteiger partial charge in [0, 0.05) is 32.1 Å². The van der Waals surface area contributed by atoms with E-state index >= 15 is 0 Å². The third-order valence-electron chi connectivity index (χ3n) is 5.15. The van der Waals surface area contributed by atoms with Crippen LogP contribution in [0.5, 0.6) is 0 Å². The maximum Gasteiger partial charge on any atom is 0.252 e. The molecule has 1 aromatic heterocycles. The maximum absolute atomic E-state index is 12.6. The summed E-state index contributed by atoms with van der Waals surface area (Å²) in [6, 6.07) is 12.9. The molecule has 7 nitrogen and oxygen atoms in total. The van der Waals surface area contributed by atoms with Crippen LogP contribution < -0.4 is 5.32 Å². The minimum absolute atomic E-state index is 0.0375. The Balaban J connectivity index is 1.53. The molecule has 1 saturated heterocycles. The van der Waals surface area contributed by atoms with E-state index in [0.29, 0.717) is 19.5 Å². The number of thiophene rings is 1. The summed E-state index contributed by atoms with van der Waals surface area (Å²) in [6.45, 7) is 1.37. The Kier molecular flexibility index (Phi) is 7.27. The van der Waals surface area contributed by atoms with Gasteiger partial charge < -0.3 is 10.2 Å². The predicted octanol–water partition coefficient (Wildman–Crippen LogP) is 2.10. The molecular formula is C21H27N3O4S2. The molecule has 2 amide bonds. The molecule has 9 heteroatoms. The van der Waals surface area contributed by atoms with Crippen LogP contribution in [0.4, 0.5) is 0 Å². The highest BCUT2D eigenvalue weighted by molar-refractivity contribution is 7.91. The van der Waals surface area contributed by atoms with Crippen LogP contribution in [-0.2, 0) is 32.6 Å². The maximum atomic E-state index is 12.6. The van der Waals surface area contributed by atoms with Crippen molar-refractivity contribution in [2.24, 2.45) is 5.92 Å². The van der Waals surface area contributed by atoms with Crippen molar-refractivity contribution in [1.82, 2.24) is 14.5 Å². The predicted molar refractivity (Wildman–Crippen MR) is 116 cm³/mol. The van der Waals surface area contributed by atoms with Crippen molar-refractivity contribution in [1.29, 1.82) is 0 Å². The second kappa shape index (κ2) is 9.72. The average molecular weight is 450 g/mol. The van der Waals surface area contributed by atoms with Gasteiger partial charge in [-0.25, -0.2) is 12.7 Å². The van der Waals surface area contributed by atoms with Crippen LogP contribution in [0.15, 0.2) is 46.7 Å². The number of benzene rings is 1. The molecule has 1 N–H and O–H groups in total. The molecule has 1 atom stereocenters. The van der Waals surface area contributed by atoms with Gasteiger partial charge in [-0.15, -0.1) is 11.3 Å². The van der Waals surface area contributed by atoms with E-state index in [4.69, 9.17) is 0 Å². The molecule has 2 aromatic rings. The SMILES string of the molecule is CN(C)S(=O)(=O)c1ccc(CNC(=O)C2CCCN(C(=O)Cc3ccccc3)C2)s1. The van der Waals surface area contributed by atoms with Crippen LogP contribution in [0.2, 0.25) is 0 Å². The lowest BCUT2D eigenvalue weighted by Crippen LogP contribution is -2.45. The molecule has 0 radical (unpaired) electrons. The van der Waals surface area contributed by atoms with Gasteiger partial charge in [-0.2, -0.15) is 0 Å². The quantitative estimate of drug-likeness (QED) is 0.701. The van der Waals surface area contributed by atoms with E-state index in [1.54, 1.807) is 17.0 Å². The number of likely N-dealkylation sites (tertiary alicyclic amines) is 1. The second-order valence-corrected chi connectivity index (χ2v) is 11.1. The minimum Gasteiger partial charge on any atom is -0.351 e. The van der Waals surface area contributed by atoms with Crippen molar-refractivity contribution < 1.29 is 18.0 Å². The van der Waals surface area contributed by atoms with Crippen molar-refractivity contribution in [3.63, 3.8) is 0 Å². The van der Waals surface area contributed by atoms with E-state index in [1.807, 2.05) is 30.3 Å². The zero-order valence-corrected chi connectivity index (χ0v) is 18.8. The van der Waals surface area contributed by atoms with Gasteiger partial charge in [-0.1, -0.05) is 30.3 Å². The molecule has 162 valence electrons. The van der Waals surface area contributed by atoms with Crippen molar-refractivity contribution in [2.45, 2.75) is 30.0 Å². The number of sulfonamides is 1. The highest BCUT2D eigenvalue weighted by Gasteiger charge is 2.28. The monoisotopic (exact) mass is 449 g/mol. The number of rotatable bonds is 7. The number of piperidine rings is 1. The Morgan fingerprint density at radius 1 is 1.17 bits per heavy atom. The first kappa shape index (κ1) is 22.5. The molecule has 0 aliphatic carbocycles. The summed E-state index contributed by atoms with van der Waals surface area (Å²) in [5.74, 6) is -0.309. The summed E-state index contributed by atoms with van der Waals surface area (Å²) >= 11 is 1.15. The Labute approximate surface area is 181 Å². The molecule has 1 fully saturated rings. The third kappa shape index (κ3) is 5.47. The summed E-state index contributed by atoms with van der Waals surface area (Å²) in [6.07, 6.45) is 1.88. The van der Waals surface area contributed by atoms with Gasteiger partial charge in [0.05, 0.1) is 18.9 Å². The summed E-state index contributed by atoms with van der Waals surface area (Å²) in [5.41, 5.74) is 0.968. The summed E-state index contributed by atoms with van der Waals surface area (Å²) < 4.78 is 25.8. The number of hydrogen-bond acceptors (Lipinski definition) is 5. The molecular weight excluding hydrogens is 422 g/mol. The Morgan fingerprint density at radius 2 is 1.90 bits per heavy atom. The van der Waals surface area contributed by atoms with Crippen molar-refractivity contribution >= 4 is 33.2 Å². The van der Waals surface area contributed by atoms with Crippen LogP contribution in [0.3, 0.4) is 0 Å². The first-order valence-electron chi connectivity index (χ1n) is 9.88. The first-order valence-corrected chi connectivity index (χ1v) is 12.1. The second-order valence-electron chi connectivity index (χ2n) is 7.57. The summed E-state index contributed by atoms with van der Waals surface area (Å²) in [4.78, 5) is 27.8. The van der Waals surface area contributed by atoms with Crippen LogP contribution >= 0.6 is 11.3 Å². The van der Waals surface area contributed by atoms with Gasteiger partial charge in [-0.3, -0.25) is 9.59 Å². The van der Waals surface area contributed by atoms with Gasteiger partial charge in [0.1, 0.15) is 4.21 Å². The molecule has 3 rings (SSSR count). The number of hydrogen-bond donors (Lipinski definition) is 1. The van der Waals surface area contributed by atoms with Gasteiger partial charge in [-0.05, 0) is 30.5 Å². The van der Waals surface area contributed by atoms with Gasteiger partial charge >= 0.3 is 0 Å². The van der Waals surface area contributed by atoms with E-state index in [1.165, 1.54) is 18.4 Å².